The summed E-state index contributed by atoms with van der Waals surface area (Å²) in [7, 11) is -8.36. The zero-order valence-corrected chi connectivity index (χ0v) is 16.3. The van der Waals surface area contributed by atoms with Gasteiger partial charge in [0.15, 0.2) is 0 Å². The minimum Gasteiger partial charge on any atom is -0.332 e. The highest BCUT2D eigenvalue weighted by atomic mass is 31.2. The maximum absolute atomic E-state index is 12.2. The molecule has 1 unspecified atom stereocenters. The lowest BCUT2D eigenvalue weighted by atomic mass is 10.4. The van der Waals surface area contributed by atoms with Crippen LogP contribution in [0.1, 0.15) is 26.7 Å². The van der Waals surface area contributed by atoms with Crippen molar-refractivity contribution in [1.29, 1.82) is 0 Å². The molecule has 0 bridgehead atoms. The number of carbonyl (C=O) groups excluding carboxylic acids is 2. The Morgan fingerprint density at radius 1 is 0.960 bits per heavy atom. The molecule has 0 radical (unpaired) electrons. The quantitative estimate of drug-likeness (QED) is 0.264. The van der Waals surface area contributed by atoms with Crippen LogP contribution in [0.4, 0.5) is 0 Å². The number of nitrogens with zero attached hydrogens (tertiary/aromatic N) is 2. The predicted octanol–water partition coefficient (Wildman–Crippen LogP) is -0.710. The Labute approximate surface area is 147 Å². The van der Waals surface area contributed by atoms with Crippen molar-refractivity contribution in [2.45, 2.75) is 26.7 Å². The monoisotopic (exact) mass is 402 g/mol. The van der Waals surface area contributed by atoms with Gasteiger partial charge in [0, 0.05) is 39.0 Å². The summed E-state index contributed by atoms with van der Waals surface area (Å²) in [5.74, 6) is -0.797. The van der Waals surface area contributed by atoms with E-state index in [0.29, 0.717) is 0 Å². The van der Waals surface area contributed by atoms with Gasteiger partial charge in [-0.2, -0.15) is 0 Å². The van der Waals surface area contributed by atoms with Crippen LogP contribution in [0.25, 0.3) is 0 Å². The number of amides is 2. The highest BCUT2D eigenvalue weighted by Gasteiger charge is 2.26. The summed E-state index contributed by atoms with van der Waals surface area (Å²) >= 11 is 0. The molecular formula is C12H28N4O7P2. The third kappa shape index (κ3) is 10.7. The molecule has 0 aliphatic rings. The number of hydrogen-bond donors (Lipinski definition) is 5. The number of carbonyl (C=O) groups is 2. The largest absolute Gasteiger partial charge is 0.344 e. The molecule has 0 fully saturated rings. The normalized spacial score (nSPS) is 14.0. The van der Waals surface area contributed by atoms with E-state index >= 15 is 0 Å². The standard InChI is InChI=1S/C12H28N4O7P2/c1-3-11(17)15(7-5-13)9-24(19,20)14-6-8-16(12(18)4-2)10-25(21,22)23/h3-10,13H2,1-2H3,(H2,14,19,20)(H2,21,22,23). The van der Waals surface area contributed by atoms with Crippen molar-refractivity contribution < 1.29 is 33.4 Å². The van der Waals surface area contributed by atoms with Crippen LogP contribution in [0.5, 0.6) is 0 Å². The average Bonchev–Trinajstić information content (AvgIpc) is 2.50. The summed E-state index contributed by atoms with van der Waals surface area (Å²) in [5, 5.41) is 2.35. The summed E-state index contributed by atoms with van der Waals surface area (Å²) in [4.78, 5) is 53.5. The maximum atomic E-state index is 12.2. The van der Waals surface area contributed by atoms with E-state index in [0.717, 1.165) is 4.90 Å². The maximum Gasteiger partial charge on any atom is 0.344 e. The molecule has 0 aromatic heterocycles. The van der Waals surface area contributed by atoms with Gasteiger partial charge >= 0.3 is 7.60 Å². The number of rotatable bonds is 12. The number of nitrogens with one attached hydrogen (secondary N) is 1. The van der Waals surface area contributed by atoms with Crippen molar-refractivity contribution in [3.63, 3.8) is 0 Å². The summed E-state index contributed by atoms with van der Waals surface area (Å²) in [6, 6.07) is 0. The van der Waals surface area contributed by atoms with Crippen LogP contribution < -0.4 is 10.8 Å². The van der Waals surface area contributed by atoms with Crippen LogP contribution in [0.15, 0.2) is 0 Å². The molecule has 148 valence electrons. The topological polar surface area (TPSA) is 173 Å². The first-order valence-electron chi connectivity index (χ1n) is 7.82. The Balaban J connectivity index is 4.73. The summed E-state index contributed by atoms with van der Waals surface area (Å²) in [6.07, 6.45) is -0.977. The Kier molecular flexibility index (Phi) is 10.7. The minimum atomic E-state index is -4.44. The Bertz CT molecular complexity index is 540. The second kappa shape index (κ2) is 11.0. The average molecular weight is 402 g/mol. The minimum absolute atomic E-state index is 0.0477. The van der Waals surface area contributed by atoms with Gasteiger partial charge in [0.2, 0.25) is 11.8 Å². The first-order valence-corrected chi connectivity index (χ1v) is 11.5. The molecular weight excluding hydrogens is 374 g/mol. The van der Waals surface area contributed by atoms with Crippen molar-refractivity contribution in [2.24, 2.45) is 5.73 Å². The van der Waals surface area contributed by atoms with Crippen LogP contribution >= 0.6 is 15.1 Å². The van der Waals surface area contributed by atoms with Gasteiger partial charge in [-0.3, -0.25) is 18.7 Å². The van der Waals surface area contributed by atoms with Gasteiger partial charge in [0.25, 0.3) is 7.52 Å². The van der Waals surface area contributed by atoms with E-state index < -0.39 is 33.6 Å². The molecule has 6 N–H and O–H groups in total. The third-order valence-corrected chi connectivity index (χ3v) is 5.32. The molecule has 25 heavy (non-hydrogen) atoms. The van der Waals surface area contributed by atoms with Gasteiger partial charge in [-0.25, -0.2) is 5.09 Å². The van der Waals surface area contributed by atoms with E-state index in [2.05, 4.69) is 5.09 Å². The fraction of sp³-hybridized carbons (Fsp3) is 0.833. The second-order valence-electron chi connectivity index (χ2n) is 5.37. The van der Waals surface area contributed by atoms with E-state index in [1.807, 2.05) is 0 Å². The zero-order chi connectivity index (χ0) is 19.7. The SMILES string of the molecule is CCC(=O)N(CCNP(=O)(O)CN(CCN)C(=O)CC)CP(=O)(O)O. The molecule has 0 aromatic rings. The Morgan fingerprint density at radius 3 is 1.84 bits per heavy atom. The fourth-order valence-electron chi connectivity index (χ4n) is 2.02. The lowest BCUT2D eigenvalue weighted by Crippen LogP contribution is -2.39. The van der Waals surface area contributed by atoms with Gasteiger partial charge in [-0.15, -0.1) is 0 Å². The zero-order valence-electron chi connectivity index (χ0n) is 14.5. The molecule has 0 spiro atoms. The van der Waals surface area contributed by atoms with E-state index in [9.17, 15) is 23.6 Å². The molecule has 11 nitrogen and oxygen atoms in total. The predicted molar refractivity (Wildman–Crippen MR) is 92.7 cm³/mol. The van der Waals surface area contributed by atoms with Crippen LogP contribution in [0, 0.1) is 0 Å². The Hall–Kier alpha value is -0.800. The fourth-order valence-corrected chi connectivity index (χ4v) is 4.07. The van der Waals surface area contributed by atoms with Crippen LogP contribution in [-0.2, 0) is 18.7 Å². The lowest BCUT2D eigenvalue weighted by molar-refractivity contribution is -0.130. The summed E-state index contributed by atoms with van der Waals surface area (Å²) in [5.41, 5.74) is 5.38. The molecule has 0 rings (SSSR count). The highest BCUT2D eigenvalue weighted by molar-refractivity contribution is 7.55. The molecule has 2 amide bonds. The Morgan fingerprint density at radius 2 is 1.44 bits per heavy atom. The van der Waals surface area contributed by atoms with Gasteiger partial charge in [0.05, 0.1) is 0 Å². The van der Waals surface area contributed by atoms with Gasteiger partial charge in [-0.05, 0) is 0 Å². The smallest absolute Gasteiger partial charge is 0.332 e. The van der Waals surface area contributed by atoms with Crippen molar-refractivity contribution in [1.82, 2.24) is 14.9 Å². The van der Waals surface area contributed by atoms with E-state index in [4.69, 9.17) is 15.5 Å². The number of nitrogens with two attached hydrogens (primary N) is 1. The first-order chi connectivity index (χ1) is 11.5. The van der Waals surface area contributed by atoms with E-state index in [-0.39, 0.29) is 44.9 Å². The summed E-state index contributed by atoms with van der Waals surface area (Å²) in [6.45, 7) is 3.14. The highest BCUT2D eigenvalue weighted by Crippen LogP contribution is 2.37. The molecule has 0 aliphatic carbocycles. The molecule has 0 heterocycles. The van der Waals surface area contributed by atoms with Gasteiger partial charge in [-0.1, -0.05) is 13.8 Å². The summed E-state index contributed by atoms with van der Waals surface area (Å²) < 4.78 is 23.2. The van der Waals surface area contributed by atoms with E-state index in [1.165, 1.54) is 4.90 Å². The van der Waals surface area contributed by atoms with Crippen LogP contribution in [0.2, 0.25) is 0 Å². The van der Waals surface area contributed by atoms with Crippen molar-refractivity contribution in [3.8, 4) is 0 Å². The van der Waals surface area contributed by atoms with Gasteiger partial charge < -0.3 is 30.2 Å². The van der Waals surface area contributed by atoms with E-state index in [1.54, 1.807) is 13.8 Å². The second-order valence-corrected chi connectivity index (χ2v) is 8.98. The van der Waals surface area contributed by atoms with Crippen LogP contribution in [-0.4, -0.2) is 75.0 Å². The molecule has 0 aromatic carbocycles. The molecule has 0 saturated heterocycles. The number of hydrogen-bond acceptors (Lipinski definition) is 5. The van der Waals surface area contributed by atoms with Crippen molar-refractivity contribution in [2.75, 3.05) is 38.8 Å². The lowest BCUT2D eigenvalue weighted by Gasteiger charge is -2.26. The van der Waals surface area contributed by atoms with Crippen LogP contribution in [0.3, 0.4) is 0 Å². The third-order valence-electron chi connectivity index (χ3n) is 3.17. The molecule has 13 heteroatoms. The van der Waals surface area contributed by atoms with Crippen molar-refractivity contribution in [3.05, 3.63) is 0 Å². The molecule has 0 aliphatic heterocycles. The van der Waals surface area contributed by atoms with Gasteiger partial charge in [0.1, 0.15) is 12.6 Å². The molecule has 0 saturated carbocycles. The first kappa shape index (κ1) is 24.2. The van der Waals surface area contributed by atoms with Crippen molar-refractivity contribution >= 4 is 26.9 Å². The molecule has 1 atom stereocenters.